The van der Waals surface area contributed by atoms with Gasteiger partial charge in [-0.05, 0) is 63.4 Å². The van der Waals surface area contributed by atoms with Crippen molar-refractivity contribution in [1.82, 2.24) is 9.62 Å². The van der Waals surface area contributed by atoms with Crippen molar-refractivity contribution in [2.75, 3.05) is 17.2 Å². The number of rotatable bonds is 6. The molecule has 2 aliphatic heterocycles. The van der Waals surface area contributed by atoms with Crippen LogP contribution in [0.1, 0.15) is 38.2 Å². The van der Waals surface area contributed by atoms with E-state index in [0.29, 0.717) is 12.8 Å². The van der Waals surface area contributed by atoms with Gasteiger partial charge in [0.25, 0.3) is 0 Å². The zero-order valence-electron chi connectivity index (χ0n) is 18.9. The predicted molar refractivity (Wildman–Crippen MR) is 129 cm³/mol. The second-order valence-corrected chi connectivity index (χ2v) is 10.9. The molecule has 34 heavy (non-hydrogen) atoms. The number of amides is 2. The summed E-state index contributed by atoms with van der Waals surface area (Å²) in [5.74, 6) is -1.11. The van der Waals surface area contributed by atoms with Crippen LogP contribution in [0, 0.1) is 12.7 Å². The lowest BCUT2D eigenvalue weighted by molar-refractivity contribution is 0.208. The van der Waals surface area contributed by atoms with Crippen LogP contribution in [0.2, 0.25) is 5.02 Å². The lowest BCUT2D eigenvalue weighted by Gasteiger charge is -2.38. The Morgan fingerprint density at radius 2 is 1.79 bits per heavy atom. The van der Waals surface area contributed by atoms with Crippen molar-refractivity contribution < 1.29 is 22.7 Å². The maximum absolute atomic E-state index is 13.8. The summed E-state index contributed by atoms with van der Waals surface area (Å²) >= 11 is 6.26. The number of carbonyl (C=O) groups excluding carboxylic acids is 1. The van der Waals surface area contributed by atoms with E-state index in [1.54, 1.807) is 0 Å². The normalized spacial score (nSPS) is 22.5. The van der Waals surface area contributed by atoms with Gasteiger partial charge in [0.05, 0.1) is 10.7 Å². The third-order valence-electron chi connectivity index (χ3n) is 6.54. The van der Waals surface area contributed by atoms with E-state index in [-0.39, 0.29) is 40.1 Å². The Balaban J connectivity index is 1.59. The molecular formula is C23H28ClFN4O4S. The average molecular weight is 511 g/mol. The number of nitrogens with zero attached hydrogens (tertiary/aromatic N) is 1. The van der Waals surface area contributed by atoms with E-state index in [1.807, 2.05) is 6.92 Å². The minimum atomic E-state index is -4.12. The van der Waals surface area contributed by atoms with Crippen LogP contribution in [0.4, 0.5) is 20.6 Å². The highest BCUT2D eigenvalue weighted by Crippen LogP contribution is 2.45. The van der Waals surface area contributed by atoms with Gasteiger partial charge in [0.1, 0.15) is 10.7 Å². The van der Waals surface area contributed by atoms with Crippen molar-refractivity contribution in [2.24, 2.45) is 0 Å². The molecule has 2 fully saturated rings. The molecule has 0 aromatic heterocycles. The number of phenols is 1. The molecule has 0 spiro atoms. The number of aromatic hydroxyl groups is 1. The average Bonchev–Trinajstić information content (AvgIpc) is 3.06. The lowest BCUT2D eigenvalue weighted by Crippen LogP contribution is -2.51. The highest BCUT2D eigenvalue weighted by molar-refractivity contribution is 7.89. The maximum Gasteiger partial charge on any atom is 0.323 e. The number of benzene rings is 2. The van der Waals surface area contributed by atoms with Gasteiger partial charge in [0.2, 0.25) is 10.0 Å². The molecule has 0 saturated carbocycles. The van der Waals surface area contributed by atoms with E-state index in [4.69, 9.17) is 11.6 Å². The maximum atomic E-state index is 13.8. The summed E-state index contributed by atoms with van der Waals surface area (Å²) < 4.78 is 42.5. The zero-order chi connectivity index (χ0) is 24.6. The van der Waals surface area contributed by atoms with Gasteiger partial charge in [-0.25, -0.2) is 17.6 Å². The molecule has 0 aliphatic carbocycles. The van der Waals surface area contributed by atoms with E-state index in [9.17, 15) is 22.7 Å². The van der Waals surface area contributed by atoms with Crippen LogP contribution >= 0.6 is 11.6 Å². The van der Waals surface area contributed by atoms with Crippen LogP contribution < -0.4 is 16.0 Å². The first kappa shape index (κ1) is 24.7. The van der Waals surface area contributed by atoms with E-state index >= 15 is 0 Å². The lowest BCUT2D eigenvalue weighted by atomic mass is 10.00. The molecule has 4 rings (SSSR count). The SMILES string of the molecule is CCN[C@H]1C[C@H]2CC[C@@H](C1)N2S(=O)(=O)c1c(Cl)ccc(NC(=O)Nc2cccc(F)c2C)c1O. The second-order valence-electron chi connectivity index (χ2n) is 8.71. The Hall–Kier alpha value is -2.40. The molecule has 2 saturated heterocycles. The molecule has 2 aromatic rings. The predicted octanol–water partition coefficient (Wildman–Crippen LogP) is 4.43. The molecule has 4 N–H and O–H groups in total. The molecule has 2 heterocycles. The zero-order valence-corrected chi connectivity index (χ0v) is 20.5. The van der Waals surface area contributed by atoms with Crippen LogP contribution in [0.25, 0.3) is 0 Å². The minimum Gasteiger partial charge on any atom is -0.504 e. The van der Waals surface area contributed by atoms with Crippen molar-refractivity contribution in [1.29, 1.82) is 0 Å². The van der Waals surface area contributed by atoms with E-state index < -0.39 is 32.5 Å². The third-order valence-corrected chi connectivity index (χ3v) is 9.05. The molecule has 3 atom stereocenters. The van der Waals surface area contributed by atoms with Crippen LogP contribution in [0.15, 0.2) is 35.2 Å². The summed E-state index contributed by atoms with van der Waals surface area (Å²) in [4.78, 5) is 12.1. The second kappa shape index (κ2) is 9.69. The van der Waals surface area contributed by atoms with Gasteiger partial charge < -0.3 is 21.1 Å². The molecule has 0 radical (unpaired) electrons. The Morgan fingerprint density at radius 1 is 1.15 bits per heavy atom. The summed E-state index contributed by atoms with van der Waals surface area (Å²) in [6.07, 6.45) is 2.87. The van der Waals surface area contributed by atoms with E-state index in [1.165, 1.54) is 41.6 Å². The molecule has 2 amide bonds. The summed E-state index contributed by atoms with van der Waals surface area (Å²) in [7, 11) is -4.12. The standard InChI is InChI=1S/C23H28ClFN4O4S/c1-3-26-14-11-15-7-8-16(12-14)29(15)34(32,33)22-17(24)9-10-20(21(22)30)28-23(31)27-19-6-4-5-18(25)13(19)2/h4-6,9-10,14-16,26,30H,3,7-8,11-12H2,1-2H3,(H2,27,28,31)/t14-,15+,16-. The Bertz CT molecular complexity index is 1200. The number of piperidine rings is 1. The number of sulfonamides is 1. The van der Waals surface area contributed by atoms with Gasteiger partial charge in [-0.2, -0.15) is 4.31 Å². The summed E-state index contributed by atoms with van der Waals surface area (Å²) in [6.45, 7) is 4.35. The fraction of sp³-hybridized carbons (Fsp3) is 0.435. The van der Waals surface area contributed by atoms with Gasteiger partial charge in [-0.15, -0.1) is 0 Å². The molecule has 11 heteroatoms. The van der Waals surface area contributed by atoms with Crippen LogP contribution in [-0.4, -0.2) is 48.5 Å². The number of nitrogens with one attached hydrogen (secondary N) is 3. The van der Waals surface area contributed by atoms with Crippen molar-refractivity contribution in [3.63, 3.8) is 0 Å². The summed E-state index contributed by atoms with van der Waals surface area (Å²) in [6, 6.07) is 6.03. The summed E-state index contributed by atoms with van der Waals surface area (Å²) in [5, 5.41) is 19.1. The fourth-order valence-electron chi connectivity index (χ4n) is 5.00. The largest absolute Gasteiger partial charge is 0.504 e. The molecule has 2 aromatic carbocycles. The van der Waals surface area contributed by atoms with Crippen LogP contribution in [-0.2, 0) is 10.0 Å². The number of halogens is 2. The van der Waals surface area contributed by atoms with Crippen LogP contribution in [0.5, 0.6) is 5.75 Å². The van der Waals surface area contributed by atoms with E-state index in [2.05, 4.69) is 16.0 Å². The van der Waals surface area contributed by atoms with Gasteiger partial charge in [0.15, 0.2) is 5.75 Å². The number of hydrogen-bond acceptors (Lipinski definition) is 5. The Morgan fingerprint density at radius 3 is 2.44 bits per heavy atom. The molecule has 0 unspecified atom stereocenters. The number of urea groups is 1. The molecule has 2 bridgehead atoms. The first-order valence-corrected chi connectivity index (χ1v) is 13.1. The quantitative estimate of drug-likeness (QED) is 0.430. The smallest absolute Gasteiger partial charge is 0.323 e. The van der Waals surface area contributed by atoms with Crippen molar-refractivity contribution >= 4 is 39.0 Å². The number of carbonyl (C=O) groups is 1. The first-order chi connectivity index (χ1) is 16.1. The monoisotopic (exact) mass is 510 g/mol. The van der Waals surface area contributed by atoms with Gasteiger partial charge in [0, 0.05) is 29.4 Å². The number of fused-ring (bicyclic) bond motifs is 2. The molecule has 184 valence electrons. The number of hydrogen-bond donors (Lipinski definition) is 4. The van der Waals surface area contributed by atoms with Crippen molar-refractivity contribution in [2.45, 2.75) is 62.6 Å². The highest BCUT2D eigenvalue weighted by atomic mass is 35.5. The van der Waals surface area contributed by atoms with Gasteiger partial charge in [-0.1, -0.05) is 24.6 Å². The first-order valence-electron chi connectivity index (χ1n) is 11.2. The molecule has 8 nitrogen and oxygen atoms in total. The number of phenolic OH excluding ortho intramolecular Hbond substituents is 1. The minimum absolute atomic E-state index is 0.121. The van der Waals surface area contributed by atoms with Crippen LogP contribution in [0.3, 0.4) is 0 Å². The molecular weight excluding hydrogens is 483 g/mol. The Kier molecular flexibility index (Phi) is 7.04. The number of anilines is 2. The molecule has 2 aliphatic rings. The third kappa shape index (κ3) is 4.59. The van der Waals surface area contributed by atoms with E-state index in [0.717, 1.165) is 19.4 Å². The summed E-state index contributed by atoms with van der Waals surface area (Å²) in [5.41, 5.74) is 0.376. The van der Waals surface area contributed by atoms with Crippen molar-refractivity contribution in [3.05, 3.63) is 46.7 Å². The highest BCUT2D eigenvalue weighted by Gasteiger charge is 2.48. The Labute approximate surface area is 203 Å². The van der Waals surface area contributed by atoms with Crippen molar-refractivity contribution in [3.8, 4) is 5.75 Å². The van der Waals surface area contributed by atoms with Gasteiger partial charge in [-0.3, -0.25) is 0 Å². The fourth-order valence-corrected chi connectivity index (χ4v) is 7.49. The topological polar surface area (TPSA) is 111 Å². The van der Waals surface area contributed by atoms with Gasteiger partial charge >= 0.3 is 6.03 Å².